The van der Waals surface area contributed by atoms with E-state index >= 15 is 0 Å². The van der Waals surface area contributed by atoms with Gasteiger partial charge in [0.05, 0.1) is 12.5 Å². The largest absolute Gasteiger partial charge is 0.466 e. The minimum Gasteiger partial charge on any atom is -0.466 e. The van der Waals surface area contributed by atoms with E-state index < -0.39 is 0 Å². The second-order valence-electron chi connectivity index (χ2n) is 6.42. The van der Waals surface area contributed by atoms with Crippen molar-refractivity contribution in [1.82, 2.24) is 5.32 Å². The SMILES string of the molecule is CCOC(=O)C1CCC(NC(=O)C2CCC(N)CC2)CC1. The number of ether oxygens (including phenoxy) is 1. The zero-order chi connectivity index (χ0) is 15.2. The van der Waals surface area contributed by atoms with Crippen LogP contribution in [0.3, 0.4) is 0 Å². The number of carbonyl (C=O) groups is 2. The Balaban J connectivity index is 1.70. The maximum Gasteiger partial charge on any atom is 0.308 e. The van der Waals surface area contributed by atoms with Crippen LogP contribution in [0.25, 0.3) is 0 Å². The lowest BCUT2D eigenvalue weighted by Gasteiger charge is -2.31. The lowest BCUT2D eigenvalue weighted by atomic mass is 9.84. The van der Waals surface area contributed by atoms with Crippen LogP contribution in [-0.2, 0) is 14.3 Å². The zero-order valence-corrected chi connectivity index (χ0v) is 13.0. The Morgan fingerprint density at radius 1 is 1.00 bits per heavy atom. The van der Waals surface area contributed by atoms with Crippen LogP contribution in [0, 0.1) is 11.8 Å². The smallest absolute Gasteiger partial charge is 0.308 e. The van der Waals surface area contributed by atoms with Gasteiger partial charge < -0.3 is 15.8 Å². The average Bonchev–Trinajstić information content (AvgIpc) is 2.49. The third-order valence-corrected chi connectivity index (χ3v) is 4.84. The first kappa shape index (κ1) is 16.3. The Morgan fingerprint density at radius 2 is 1.57 bits per heavy atom. The summed E-state index contributed by atoms with van der Waals surface area (Å²) in [6.45, 7) is 2.28. The molecule has 5 nitrogen and oxygen atoms in total. The third kappa shape index (κ3) is 4.70. The maximum atomic E-state index is 12.2. The van der Waals surface area contributed by atoms with Gasteiger partial charge in [-0.25, -0.2) is 0 Å². The van der Waals surface area contributed by atoms with Gasteiger partial charge in [-0.15, -0.1) is 0 Å². The number of carbonyl (C=O) groups excluding carboxylic acids is 2. The molecule has 0 aromatic heterocycles. The first-order valence-corrected chi connectivity index (χ1v) is 8.32. The number of hydrogen-bond acceptors (Lipinski definition) is 4. The number of amides is 1. The Morgan fingerprint density at radius 3 is 2.14 bits per heavy atom. The highest BCUT2D eigenvalue weighted by atomic mass is 16.5. The van der Waals surface area contributed by atoms with E-state index in [1.165, 1.54) is 0 Å². The number of hydrogen-bond donors (Lipinski definition) is 2. The highest BCUT2D eigenvalue weighted by Gasteiger charge is 2.30. The summed E-state index contributed by atoms with van der Waals surface area (Å²) >= 11 is 0. The Kier molecular flexibility index (Phi) is 6.03. The van der Waals surface area contributed by atoms with Gasteiger partial charge in [-0.3, -0.25) is 9.59 Å². The van der Waals surface area contributed by atoms with Crippen molar-refractivity contribution in [2.45, 2.75) is 70.4 Å². The molecule has 0 saturated heterocycles. The molecule has 2 saturated carbocycles. The molecule has 1 amide bonds. The summed E-state index contributed by atoms with van der Waals surface area (Å²) in [6, 6.07) is 0.493. The molecule has 2 aliphatic rings. The molecule has 2 fully saturated rings. The fourth-order valence-electron chi connectivity index (χ4n) is 3.43. The van der Waals surface area contributed by atoms with E-state index in [0.717, 1.165) is 51.4 Å². The van der Waals surface area contributed by atoms with E-state index in [0.29, 0.717) is 6.61 Å². The normalized spacial score (nSPS) is 33.2. The van der Waals surface area contributed by atoms with Crippen molar-refractivity contribution in [3.63, 3.8) is 0 Å². The molecular weight excluding hydrogens is 268 g/mol. The molecule has 0 aromatic rings. The Bertz CT molecular complexity index is 357. The standard InChI is InChI=1S/C16H28N2O3/c1-2-21-16(20)12-5-9-14(10-6-12)18-15(19)11-3-7-13(17)8-4-11/h11-14H,2-10,17H2,1H3,(H,18,19). The van der Waals surface area contributed by atoms with E-state index in [2.05, 4.69) is 5.32 Å². The highest BCUT2D eigenvalue weighted by molar-refractivity contribution is 5.79. The van der Waals surface area contributed by atoms with E-state index in [-0.39, 0.29) is 35.8 Å². The lowest BCUT2D eigenvalue weighted by Crippen LogP contribution is -2.43. The summed E-state index contributed by atoms with van der Waals surface area (Å²) in [5.41, 5.74) is 5.87. The predicted octanol–water partition coefficient (Wildman–Crippen LogP) is 1.74. The van der Waals surface area contributed by atoms with Crippen LogP contribution in [0.5, 0.6) is 0 Å². The molecule has 0 bridgehead atoms. The minimum atomic E-state index is -0.0801. The van der Waals surface area contributed by atoms with Crippen LogP contribution in [0.1, 0.15) is 58.3 Å². The topological polar surface area (TPSA) is 81.4 Å². The fraction of sp³-hybridized carbons (Fsp3) is 0.875. The first-order valence-electron chi connectivity index (χ1n) is 8.32. The molecule has 2 aliphatic carbocycles. The van der Waals surface area contributed by atoms with E-state index in [9.17, 15) is 9.59 Å². The molecule has 0 unspecified atom stereocenters. The van der Waals surface area contributed by atoms with Crippen molar-refractivity contribution < 1.29 is 14.3 Å². The summed E-state index contributed by atoms with van der Waals surface area (Å²) in [6.07, 6.45) is 7.11. The van der Waals surface area contributed by atoms with Gasteiger partial charge in [-0.2, -0.15) is 0 Å². The molecule has 21 heavy (non-hydrogen) atoms. The van der Waals surface area contributed by atoms with Gasteiger partial charge in [-0.05, 0) is 58.3 Å². The molecule has 0 radical (unpaired) electrons. The van der Waals surface area contributed by atoms with Crippen molar-refractivity contribution in [3.8, 4) is 0 Å². The molecule has 0 aromatic carbocycles. The fourth-order valence-corrected chi connectivity index (χ4v) is 3.43. The molecule has 0 spiro atoms. The van der Waals surface area contributed by atoms with Gasteiger partial charge in [0.25, 0.3) is 0 Å². The summed E-state index contributed by atoms with van der Waals surface area (Å²) in [7, 11) is 0. The summed E-state index contributed by atoms with van der Waals surface area (Å²) in [5.74, 6) is 0.253. The zero-order valence-electron chi connectivity index (χ0n) is 13.0. The lowest BCUT2D eigenvalue weighted by molar-refractivity contribution is -0.149. The number of esters is 1. The molecular formula is C16H28N2O3. The summed E-state index contributed by atoms with van der Waals surface area (Å²) < 4.78 is 5.06. The van der Waals surface area contributed by atoms with Crippen molar-refractivity contribution in [1.29, 1.82) is 0 Å². The number of rotatable bonds is 4. The van der Waals surface area contributed by atoms with Gasteiger partial charge in [0.2, 0.25) is 5.91 Å². The van der Waals surface area contributed by atoms with Crippen LogP contribution >= 0.6 is 0 Å². The molecule has 0 heterocycles. The second-order valence-corrected chi connectivity index (χ2v) is 6.42. The number of nitrogens with two attached hydrogens (primary N) is 1. The van der Waals surface area contributed by atoms with Gasteiger partial charge in [-0.1, -0.05) is 0 Å². The molecule has 2 rings (SSSR count). The molecule has 5 heteroatoms. The van der Waals surface area contributed by atoms with Gasteiger partial charge in [0.15, 0.2) is 0 Å². The monoisotopic (exact) mass is 296 g/mol. The van der Waals surface area contributed by atoms with Gasteiger partial charge in [0, 0.05) is 18.0 Å². The molecule has 3 N–H and O–H groups in total. The van der Waals surface area contributed by atoms with Crippen LogP contribution < -0.4 is 11.1 Å². The molecule has 0 atom stereocenters. The van der Waals surface area contributed by atoms with Crippen molar-refractivity contribution in [2.24, 2.45) is 17.6 Å². The van der Waals surface area contributed by atoms with Crippen molar-refractivity contribution in [2.75, 3.05) is 6.61 Å². The Hall–Kier alpha value is -1.10. The Labute approximate surface area is 127 Å². The van der Waals surface area contributed by atoms with Crippen LogP contribution in [-0.4, -0.2) is 30.6 Å². The van der Waals surface area contributed by atoms with Crippen molar-refractivity contribution in [3.05, 3.63) is 0 Å². The van der Waals surface area contributed by atoms with Crippen LogP contribution in [0.2, 0.25) is 0 Å². The van der Waals surface area contributed by atoms with Gasteiger partial charge in [0.1, 0.15) is 0 Å². The van der Waals surface area contributed by atoms with Gasteiger partial charge >= 0.3 is 5.97 Å². The highest BCUT2D eigenvalue weighted by Crippen LogP contribution is 2.27. The third-order valence-electron chi connectivity index (χ3n) is 4.84. The summed E-state index contributed by atoms with van der Waals surface area (Å²) in [4.78, 5) is 23.9. The van der Waals surface area contributed by atoms with Crippen molar-refractivity contribution >= 4 is 11.9 Å². The van der Waals surface area contributed by atoms with E-state index in [1.54, 1.807) is 0 Å². The maximum absolute atomic E-state index is 12.2. The van der Waals surface area contributed by atoms with Crippen LogP contribution in [0.15, 0.2) is 0 Å². The molecule has 0 aliphatic heterocycles. The molecule has 120 valence electrons. The van der Waals surface area contributed by atoms with E-state index in [4.69, 9.17) is 10.5 Å². The minimum absolute atomic E-state index is 0.0192. The first-order chi connectivity index (χ1) is 10.1. The van der Waals surface area contributed by atoms with E-state index in [1.807, 2.05) is 6.92 Å². The predicted molar refractivity (Wildman–Crippen MR) is 80.5 cm³/mol. The van der Waals surface area contributed by atoms with Crippen LogP contribution in [0.4, 0.5) is 0 Å². The quantitative estimate of drug-likeness (QED) is 0.774. The number of nitrogens with one attached hydrogen (secondary N) is 1. The average molecular weight is 296 g/mol. The summed E-state index contributed by atoms with van der Waals surface area (Å²) in [5, 5.41) is 3.16. The second kappa shape index (κ2) is 7.78.